The van der Waals surface area contributed by atoms with E-state index in [4.69, 9.17) is 4.43 Å². The molecule has 1 atom stereocenters. The summed E-state index contributed by atoms with van der Waals surface area (Å²) in [4.78, 5) is 5.86. The van der Waals surface area contributed by atoms with Crippen molar-refractivity contribution in [2.75, 3.05) is 6.54 Å². The Hall–Kier alpha value is -1.17. The van der Waals surface area contributed by atoms with Crippen molar-refractivity contribution in [2.45, 2.75) is 57.8 Å². The van der Waals surface area contributed by atoms with Gasteiger partial charge in [-0.15, -0.1) is 11.3 Å². The summed E-state index contributed by atoms with van der Waals surface area (Å²) in [6, 6.07) is 8.92. The minimum Gasteiger partial charge on any atom is -0.543 e. The number of benzene rings is 1. The van der Waals surface area contributed by atoms with Gasteiger partial charge in [-0.05, 0) is 55.2 Å². The number of hydrogen-bond donors (Lipinski definition) is 1. The van der Waals surface area contributed by atoms with Crippen molar-refractivity contribution in [2.24, 2.45) is 0 Å². The fourth-order valence-electron chi connectivity index (χ4n) is 2.64. The lowest BCUT2D eigenvalue weighted by atomic mass is 10.2. The van der Waals surface area contributed by atoms with E-state index in [1.54, 1.807) is 11.3 Å². The molecule has 1 saturated heterocycles. The molecule has 1 N–H and O–H groups in total. The molecule has 24 heavy (non-hydrogen) atoms. The summed E-state index contributed by atoms with van der Waals surface area (Å²) in [5, 5.41) is 4.94. The van der Waals surface area contributed by atoms with Gasteiger partial charge in [0.15, 0.2) is 0 Å². The van der Waals surface area contributed by atoms with Crippen molar-refractivity contribution in [1.29, 1.82) is 0 Å². The van der Waals surface area contributed by atoms with E-state index in [1.165, 1.54) is 28.3 Å². The molecule has 0 spiro atoms. The van der Waals surface area contributed by atoms with E-state index in [0.29, 0.717) is 6.04 Å². The van der Waals surface area contributed by atoms with Crippen molar-refractivity contribution < 1.29 is 4.43 Å². The van der Waals surface area contributed by atoms with E-state index in [1.807, 2.05) is 6.20 Å². The van der Waals surface area contributed by atoms with Crippen LogP contribution in [0.15, 0.2) is 30.5 Å². The summed E-state index contributed by atoms with van der Waals surface area (Å²) in [6.45, 7) is 12.5. The maximum Gasteiger partial charge on any atom is 0.250 e. The van der Waals surface area contributed by atoms with Crippen molar-refractivity contribution >= 4 is 19.7 Å². The number of nitrogens with one attached hydrogen (secondary N) is 1. The Bertz CT molecular complexity index is 699. The summed E-state index contributed by atoms with van der Waals surface area (Å²) in [5.74, 6) is 0.980. The Labute approximate surface area is 150 Å². The minimum absolute atomic E-state index is 0.203. The number of nitrogens with zero attached hydrogens (tertiary/aromatic N) is 1. The van der Waals surface area contributed by atoms with Gasteiger partial charge < -0.3 is 9.74 Å². The van der Waals surface area contributed by atoms with E-state index in [-0.39, 0.29) is 5.04 Å². The summed E-state index contributed by atoms with van der Waals surface area (Å²) >= 11 is 1.80. The average molecular weight is 361 g/mol. The number of rotatable bonds is 4. The van der Waals surface area contributed by atoms with Gasteiger partial charge in [0.25, 0.3) is 0 Å². The highest BCUT2D eigenvalue weighted by atomic mass is 32.1. The van der Waals surface area contributed by atoms with Crippen molar-refractivity contribution in [1.82, 2.24) is 10.3 Å². The topological polar surface area (TPSA) is 34.1 Å². The van der Waals surface area contributed by atoms with Crippen LogP contribution in [0.1, 0.15) is 44.7 Å². The van der Waals surface area contributed by atoms with Gasteiger partial charge in [0.2, 0.25) is 8.32 Å². The van der Waals surface area contributed by atoms with Gasteiger partial charge in [-0.1, -0.05) is 32.9 Å². The summed E-state index contributed by atoms with van der Waals surface area (Å²) in [7, 11) is -1.81. The third kappa shape index (κ3) is 3.73. The maximum absolute atomic E-state index is 6.45. The van der Waals surface area contributed by atoms with Crippen LogP contribution in [0.5, 0.6) is 5.75 Å². The van der Waals surface area contributed by atoms with E-state index >= 15 is 0 Å². The quantitative estimate of drug-likeness (QED) is 0.719. The lowest BCUT2D eigenvalue weighted by Crippen LogP contribution is -2.43. The van der Waals surface area contributed by atoms with E-state index in [0.717, 1.165) is 12.3 Å². The monoisotopic (exact) mass is 360 g/mol. The Morgan fingerprint density at radius 1 is 1.29 bits per heavy atom. The first-order valence-electron chi connectivity index (χ1n) is 8.75. The summed E-state index contributed by atoms with van der Waals surface area (Å²) < 4.78 is 6.45. The van der Waals surface area contributed by atoms with Gasteiger partial charge in [-0.25, -0.2) is 4.98 Å². The molecule has 2 aromatic rings. The third-order valence-electron chi connectivity index (χ3n) is 5.18. The van der Waals surface area contributed by atoms with Crippen molar-refractivity contribution in [3.05, 3.63) is 35.5 Å². The fraction of sp³-hybridized carbons (Fsp3) is 0.526. The molecule has 3 rings (SSSR count). The van der Waals surface area contributed by atoms with Crippen LogP contribution in [-0.4, -0.2) is 19.8 Å². The van der Waals surface area contributed by atoms with Crippen molar-refractivity contribution in [3.8, 4) is 16.2 Å². The van der Waals surface area contributed by atoms with Crippen LogP contribution in [-0.2, 0) is 0 Å². The van der Waals surface area contributed by atoms with Gasteiger partial charge in [-0.2, -0.15) is 0 Å². The Morgan fingerprint density at radius 3 is 2.75 bits per heavy atom. The van der Waals surface area contributed by atoms with E-state index in [2.05, 4.69) is 68.4 Å². The normalized spacial score (nSPS) is 18.8. The maximum atomic E-state index is 6.45. The van der Waals surface area contributed by atoms with Crippen LogP contribution >= 0.6 is 11.3 Å². The van der Waals surface area contributed by atoms with E-state index in [9.17, 15) is 0 Å². The fourth-order valence-corrected chi connectivity index (χ4v) is 4.68. The van der Waals surface area contributed by atoms with Gasteiger partial charge in [0, 0.05) is 6.20 Å². The molecular weight excluding hydrogens is 332 g/mol. The van der Waals surface area contributed by atoms with Gasteiger partial charge >= 0.3 is 0 Å². The highest BCUT2D eigenvalue weighted by Crippen LogP contribution is 2.39. The smallest absolute Gasteiger partial charge is 0.250 e. The molecular formula is C19H28N2OSSi. The lowest BCUT2D eigenvalue weighted by Gasteiger charge is -2.36. The molecule has 1 fully saturated rings. The molecule has 0 amide bonds. The molecule has 0 saturated carbocycles. The Kier molecular flexibility index (Phi) is 4.86. The molecule has 1 aromatic carbocycles. The second-order valence-corrected chi connectivity index (χ2v) is 13.9. The van der Waals surface area contributed by atoms with E-state index < -0.39 is 8.32 Å². The van der Waals surface area contributed by atoms with Crippen molar-refractivity contribution in [3.63, 3.8) is 0 Å². The second kappa shape index (κ2) is 6.62. The Morgan fingerprint density at radius 2 is 2.08 bits per heavy atom. The second-order valence-electron chi connectivity index (χ2n) is 8.10. The molecule has 0 unspecified atom stereocenters. The molecule has 0 radical (unpaired) electrons. The SMILES string of the molecule is CC(C)(C)[Si](C)(C)Oc1cccc(-c2cnc([C@@H]3CCCN3)s2)c1. The van der Waals surface area contributed by atoms with Gasteiger partial charge in [0.05, 0.1) is 10.9 Å². The van der Waals surface area contributed by atoms with Gasteiger partial charge in [-0.3, -0.25) is 0 Å². The molecule has 1 aliphatic rings. The predicted octanol–water partition coefficient (Wildman–Crippen LogP) is 5.62. The molecule has 0 aliphatic carbocycles. The van der Waals surface area contributed by atoms with Crippen LogP contribution in [0, 0.1) is 0 Å². The minimum atomic E-state index is -1.81. The number of hydrogen-bond acceptors (Lipinski definition) is 4. The van der Waals surface area contributed by atoms with Crippen LogP contribution in [0.2, 0.25) is 18.1 Å². The number of aromatic nitrogens is 1. The van der Waals surface area contributed by atoms with Crippen LogP contribution in [0.3, 0.4) is 0 Å². The molecule has 3 nitrogen and oxygen atoms in total. The lowest BCUT2D eigenvalue weighted by molar-refractivity contribution is 0.492. The zero-order valence-corrected chi connectivity index (χ0v) is 17.2. The predicted molar refractivity (Wildman–Crippen MR) is 105 cm³/mol. The molecule has 1 aliphatic heterocycles. The zero-order valence-electron chi connectivity index (χ0n) is 15.3. The first-order valence-corrected chi connectivity index (χ1v) is 12.5. The van der Waals surface area contributed by atoms with Crippen LogP contribution in [0.25, 0.3) is 10.4 Å². The summed E-state index contributed by atoms with van der Waals surface area (Å²) in [5.41, 5.74) is 1.20. The molecule has 1 aromatic heterocycles. The third-order valence-corrected chi connectivity index (χ3v) is 10.7. The first kappa shape index (κ1) is 17.6. The first-order chi connectivity index (χ1) is 11.3. The Balaban J connectivity index is 1.80. The standard InChI is InChI=1S/C19H28N2OSSi/c1-19(2,3)24(4,5)22-15-9-6-8-14(12-15)17-13-21-18(23-17)16-10-7-11-20-16/h6,8-9,12-13,16,20H,7,10-11H2,1-5H3/t16-/m0/s1. The highest BCUT2D eigenvalue weighted by molar-refractivity contribution is 7.15. The zero-order chi connectivity index (χ0) is 17.4. The summed E-state index contributed by atoms with van der Waals surface area (Å²) in [6.07, 6.45) is 4.45. The molecule has 0 bridgehead atoms. The molecule has 5 heteroatoms. The van der Waals surface area contributed by atoms with Crippen LogP contribution < -0.4 is 9.74 Å². The molecule has 2 heterocycles. The average Bonchev–Trinajstić information content (AvgIpc) is 3.17. The van der Waals surface area contributed by atoms with Gasteiger partial charge in [0.1, 0.15) is 10.8 Å². The largest absolute Gasteiger partial charge is 0.543 e. The highest BCUT2D eigenvalue weighted by Gasteiger charge is 2.39. The van der Waals surface area contributed by atoms with Crippen LogP contribution in [0.4, 0.5) is 0 Å². The molecule has 130 valence electrons. The number of thiazole rings is 1.